The van der Waals surface area contributed by atoms with Crippen molar-refractivity contribution in [3.63, 3.8) is 0 Å². The average Bonchev–Trinajstić information content (AvgIpc) is 3.46. The van der Waals surface area contributed by atoms with Crippen molar-refractivity contribution in [1.82, 2.24) is 0 Å². The molecule has 11 nitrogen and oxygen atoms in total. The van der Waals surface area contributed by atoms with Gasteiger partial charge in [0.2, 0.25) is 0 Å². The van der Waals surface area contributed by atoms with E-state index in [-0.39, 0.29) is 19.3 Å². The van der Waals surface area contributed by atoms with E-state index < -0.39 is 93.6 Å². The molecule has 4 saturated carbocycles. The van der Waals surface area contributed by atoms with Crippen LogP contribution >= 0.6 is 0 Å². The highest BCUT2D eigenvalue weighted by Crippen LogP contribution is 2.82. The van der Waals surface area contributed by atoms with Gasteiger partial charge in [-0.25, -0.2) is 4.79 Å². The molecule has 5 fully saturated rings. The molecule has 0 amide bonds. The van der Waals surface area contributed by atoms with Crippen molar-refractivity contribution in [2.75, 3.05) is 7.11 Å². The van der Waals surface area contributed by atoms with Gasteiger partial charge in [0.05, 0.1) is 43.9 Å². The highest BCUT2D eigenvalue weighted by atomic mass is 16.6. The van der Waals surface area contributed by atoms with E-state index in [0.717, 1.165) is 7.11 Å². The standard InChI is InChI=1S/C27H36O11/c1-22-11-25(33)18(15(29)19(22)31)27(35)13(24(25,3)17(22)16(30)21(32)36-4)5-7-23(2)20(12-6-8-37-10-12)38-14(28)9-26(23,27)34/h6,8,10,13,15-20,29-31,33-35H,5,7,9,11H2,1-4H3/t13-,15+,16+,17-,18-,19-,20-,22+,23-,24+,25-,26+,27-/m0/s1. The van der Waals surface area contributed by atoms with Crippen molar-refractivity contribution in [3.8, 4) is 0 Å². The first kappa shape index (κ1) is 26.2. The molecule has 2 heterocycles. The number of ether oxygens (including phenoxy) is 2. The molecule has 6 rings (SSSR count). The Morgan fingerprint density at radius 2 is 1.87 bits per heavy atom. The minimum Gasteiger partial charge on any atom is -0.472 e. The van der Waals surface area contributed by atoms with E-state index in [1.54, 1.807) is 26.8 Å². The van der Waals surface area contributed by atoms with E-state index >= 15 is 0 Å². The van der Waals surface area contributed by atoms with E-state index in [2.05, 4.69) is 0 Å². The Hall–Kier alpha value is -2.02. The highest BCUT2D eigenvalue weighted by Gasteiger charge is 2.91. The number of esters is 2. The number of methoxy groups -OCH3 is 1. The summed E-state index contributed by atoms with van der Waals surface area (Å²) in [5.41, 5.74) is -10.0. The lowest BCUT2D eigenvalue weighted by atomic mass is 9.44. The molecule has 11 heteroatoms. The second-order valence-electron chi connectivity index (χ2n) is 13.0. The lowest BCUT2D eigenvalue weighted by molar-refractivity contribution is -0.335. The van der Waals surface area contributed by atoms with Gasteiger partial charge in [0.15, 0.2) is 6.10 Å². The van der Waals surface area contributed by atoms with Gasteiger partial charge < -0.3 is 44.5 Å². The van der Waals surface area contributed by atoms with Crippen LogP contribution in [0, 0.1) is 34.0 Å². The zero-order valence-corrected chi connectivity index (χ0v) is 21.8. The predicted octanol–water partition coefficient (Wildman–Crippen LogP) is -0.191. The molecule has 210 valence electrons. The Bertz CT molecular complexity index is 1190. The van der Waals surface area contributed by atoms with Gasteiger partial charge in [-0.05, 0) is 31.2 Å². The van der Waals surface area contributed by atoms with Crippen LogP contribution in [0.5, 0.6) is 0 Å². The number of carbonyl (C=O) groups is 2. The number of furan rings is 1. The van der Waals surface area contributed by atoms with Crippen LogP contribution in [0.2, 0.25) is 0 Å². The molecule has 1 aromatic rings. The van der Waals surface area contributed by atoms with Crippen LogP contribution in [0.4, 0.5) is 0 Å². The van der Waals surface area contributed by atoms with Gasteiger partial charge in [-0.1, -0.05) is 20.8 Å². The van der Waals surface area contributed by atoms with Crippen LogP contribution in [0.1, 0.15) is 58.1 Å². The number of hydrogen-bond acceptors (Lipinski definition) is 11. The zero-order valence-electron chi connectivity index (χ0n) is 21.8. The predicted molar refractivity (Wildman–Crippen MR) is 126 cm³/mol. The van der Waals surface area contributed by atoms with E-state index in [0.29, 0.717) is 5.56 Å². The number of cyclic esters (lactones) is 1. The van der Waals surface area contributed by atoms with Gasteiger partial charge in [-0.2, -0.15) is 0 Å². The second kappa shape index (κ2) is 7.38. The largest absolute Gasteiger partial charge is 0.472 e. The first-order valence-corrected chi connectivity index (χ1v) is 13.1. The molecule has 1 saturated heterocycles. The maximum Gasteiger partial charge on any atom is 0.335 e. The Morgan fingerprint density at radius 3 is 2.47 bits per heavy atom. The maximum absolute atomic E-state index is 13.0. The lowest BCUT2D eigenvalue weighted by Crippen LogP contribution is -2.78. The molecular weight excluding hydrogens is 500 g/mol. The first-order valence-electron chi connectivity index (χ1n) is 13.1. The third kappa shape index (κ3) is 2.44. The van der Waals surface area contributed by atoms with Gasteiger partial charge in [0.25, 0.3) is 0 Å². The molecule has 6 N–H and O–H groups in total. The average molecular weight is 537 g/mol. The fourth-order valence-corrected chi connectivity index (χ4v) is 10.4. The number of fused-ring (bicyclic) bond motifs is 6. The smallest absolute Gasteiger partial charge is 0.335 e. The topological polar surface area (TPSA) is 187 Å². The summed E-state index contributed by atoms with van der Waals surface area (Å²) in [6.07, 6.45) is -3.59. The van der Waals surface area contributed by atoms with Crippen molar-refractivity contribution >= 4 is 11.9 Å². The summed E-state index contributed by atoms with van der Waals surface area (Å²) in [5.74, 6) is -5.35. The third-order valence-electron chi connectivity index (χ3n) is 11.9. The summed E-state index contributed by atoms with van der Waals surface area (Å²) in [6.45, 7) is 4.93. The van der Waals surface area contributed by atoms with E-state index in [1.807, 2.05) is 0 Å². The number of carbonyl (C=O) groups excluding carboxylic acids is 2. The van der Waals surface area contributed by atoms with Gasteiger partial charge in [-0.3, -0.25) is 4.79 Å². The SMILES string of the molecule is COC(=O)[C@H](O)[C@H]1[C@@]2(C)C[C@]3(O)[C@H]([C@@H](O)[C@@H]2O)[C@@]2(O)[C@@H](CC[C@@]4(C)[C@H](c5ccoc5)OC(=O)C[C@]24O)[C@]13C. The Morgan fingerprint density at radius 1 is 1.18 bits per heavy atom. The molecular formula is C27H36O11. The summed E-state index contributed by atoms with van der Waals surface area (Å²) < 4.78 is 15.7. The molecule has 4 aliphatic carbocycles. The van der Waals surface area contributed by atoms with Gasteiger partial charge >= 0.3 is 11.9 Å². The highest BCUT2D eigenvalue weighted by molar-refractivity contribution is 5.76. The van der Waals surface area contributed by atoms with Crippen molar-refractivity contribution in [2.24, 2.45) is 34.0 Å². The third-order valence-corrected chi connectivity index (χ3v) is 11.9. The van der Waals surface area contributed by atoms with Crippen molar-refractivity contribution < 1.29 is 54.1 Å². The summed E-state index contributed by atoms with van der Waals surface area (Å²) in [5, 5.41) is 72.2. The molecule has 0 unspecified atom stereocenters. The second-order valence-corrected chi connectivity index (χ2v) is 13.0. The Balaban J connectivity index is 1.60. The van der Waals surface area contributed by atoms with E-state index in [9.17, 15) is 40.2 Å². The van der Waals surface area contributed by atoms with Crippen LogP contribution < -0.4 is 0 Å². The summed E-state index contributed by atoms with van der Waals surface area (Å²) in [6, 6.07) is 1.61. The molecule has 5 aliphatic rings. The van der Waals surface area contributed by atoms with Crippen LogP contribution in [0.3, 0.4) is 0 Å². The fraction of sp³-hybridized carbons (Fsp3) is 0.778. The number of aliphatic hydroxyl groups is 6. The molecule has 1 aromatic heterocycles. The zero-order chi connectivity index (χ0) is 27.8. The molecule has 13 atom stereocenters. The van der Waals surface area contributed by atoms with Gasteiger partial charge in [-0.15, -0.1) is 0 Å². The number of hydrogen-bond donors (Lipinski definition) is 6. The van der Waals surface area contributed by atoms with Crippen molar-refractivity contribution in [1.29, 1.82) is 0 Å². The summed E-state index contributed by atoms with van der Waals surface area (Å²) in [4.78, 5) is 25.7. The minimum atomic E-state index is -2.30. The maximum atomic E-state index is 13.0. The van der Waals surface area contributed by atoms with E-state index in [1.165, 1.54) is 12.5 Å². The van der Waals surface area contributed by atoms with Crippen LogP contribution in [0.25, 0.3) is 0 Å². The fourth-order valence-electron chi connectivity index (χ4n) is 10.4. The summed E-state index contributed by atoms with van der Waals surface area (Å²) >= 11 is 0. The number of aliphatic hydroxyl groups excluding tert-OH is 3. The van der Waals surface area contributed by atoms with Crippen molar-refractivity contribution in [2.45, 2.75) is 87.7 Å². The molecule has 38 heavy (non-hydrogen) atoms. The number of rotatable bonds is 3. The first-order chi connectivity index (χ1) is 17.6. The lowest BCUT2D eigenvalue weighted by Gasteiger charge is -2.66. The molecule has 0 spiro atoms. The van der Waals surface area contributed by atoms with Gasteiger partial charge in [0.1, 0.15) is 17.3 Å². The molecule has 2 bridgehead atoms. The van der Waals surface area contributed by atoms with Crippen molar-refractivity contribution in [3.05, 3.63) is 24.2 Å². The summed E-state index contributed by atoms with van der Waals surface area (Å²) in [7, 11) is 1.11. The van der Waals surface area contributed by atoms with Crippen LogP contribution in [0.15, 0.2) is 23.0 Å². The normalized spacial score (nSPS) is 55.6. The van der Waals surface area contributed by atoms with Crippen LogP contribution in [-0.2, 0) is 19.1 Å². The Kier molecular flexibility index (Phi) is 5.09. The minimum absolute atomic E-state index is 0.153. The van der Waals surface area contributed by atoms with Gasteiger partial charge in [0, 0.05) is 33.6 Å². The van der Waals surface area contributed by atoms with Crippen LogP contribution in [-0.4, -0.2) is 84.8 Å². The molecule has 0 radical (unpaired) electrons. The van der Waals surface area contributed by atoms with E-state index in [4.69, 9.17) is 13.9 Å². The Labute approximate surface area is 219 Å². The molecule has 1 aliphatic heterocycles. The quantitative estimate of drug-likeness (QED) is 0.281. The monoisotopic (exact) mass is 536 g/mol. The molecule has 0 aromatic carbocycles.